The van der Waals surface area contributed by atoms with Crippen molar-refractivity contribution in [2.75, 3.05) is 5.75 Å². The minimum absolute atomic E-state index is 0.0967. The molecule has 0 aromatic heterocycles. The molecule has 0 saturated heterocycles. The highest BCUT2D eigenvalue weighted by atomic mass is 32.2. The zero-order chi connectivity index (χ0) is 15.0. The Kier molecular flexibility index (Phi) is 8.57. The molecular formula is C15H29NO3S. The lowest BCUT2D eigenvalue weighted by Crippen LogP contribution is -2.45. The maximum Gasteiger partial charge on any atom is 0.325 e. The van der Waals surface area contributed by atoms with E-state index in [-0.39, 0.29) is 11.0 Å². The Bertz CT molecular complexity index is 284. The Labute approximate surface area is 125 Å². The van der Waals surface area contributed by atoms with Crippen molar-refractivity contribution in [2.24, 2.45) is 0 Å². The fraction of sp³-hybridized carbons (Fsp3) is 0.933. The van der Waals surface area contributed by atoms with E-state index in [4.69, 9.17) is 5.11 Å². The van der Waals surface area contributed by atoms with E-state index in [1.54, 1.807) is 0 Å². The van der Waals surface area contributed by atoms with Crippen molar-refractivity contribution in [1.29, 1.82) is 0 Å². The number of carboxylic acids is 1. The van der Waals surface area contributed by atoms with Gasteiger partial charge in [-0.25, -0.2) is 0 Å². The third-order valence-electron chi connectivity index (χ3n) is 3.81. The maximum absolute atomic E-state index is 12.2. The van der Waals surface area contributed by atoms with Crippen molar-refractivity contribution in [3.8, 4) is 0 Å². The summed E-state index contributed by atoms with van der Waals surface area (Å²) in [5.74, 6) is -0.637. The van der Waals surface area contributed by atoms with Crippen LogP contribution in [0.15, 0.2) is 0 Å². The van der Waals surface area contributed by atoms with Crippen molar-refractivity contribution in [2.45, 2.75) is 82.5 Å². The molecule has 3 atom stereocenters. The van der Waals surface area contributed by atoms with E-state index in [0.29, 0.717) is 6.04 Å². The van der Waals surface area contributed by atoms with Crippen LogP contribution < -0.4 is 5.32 Å². The topological polar surface area (TPSA) is 72.4 Å². The van der Waals surface area contributed by atoms with Crippen LogP contribution >= 0.6 is 0 Å². The highest BCUT2D eigenvalue weighted by Crippen LogP contribution is 2.20. The summed E-state index contributed by atoms with van der Waals surface area (Å²) in [6.07, 6.45) is 9.06. The lowest BCUT2D eigenvalue weighted by molar-refractivity contribution is -0.138. The Morgan fingerprint density at radius 1 is 1.35 bits per heavy atom. The van der Waals surface area contributed by atoms with Gasteiger partial charge in [0.25, 0.3) is 0 Å². The summed E-state index contributed by atoms with van der Waals surface area (Å²) in [6.45, 7) is 4.17. The molecule has 2 N–H and O–H groups in total. The average molecular weight is 303 g/mol. The Morgan fingerprint density at radius 2 is 2.00 bits per heavy atom. The lowest BCUT2D eigenvalue weighted by atomic mass is 10.1. The van der Waals surface area contributed by atoms with E-state index in [0.717, 1.165) is 25.7 Å². The average Bonchev–Trinajstić information content (AvgIpc) is 3.21. The van der Waals surface area contributed by atoms with Gasteiger partial charge >= 0.3 is 5.97 Å². The first-order valence-electron chi connectivity index (χ1n) is 7.90. The number of nitrogens with one attached hydrogen (secondary N) is 1. The number of hydrogen-bond acceptors (Lipinski definition) is 3. The second kappa shape index (κ2) is 9.64. The second-order valence-electron chi connectivity index (χ2n) is 5.89. The zero-order valence-electron chi connectivity index (χ0n) is 12.8. The first-order valence-corrected chi connectivity index (χ1v) is 9.28. The molecule has 0 spiro atoms. The van der Waals surface area contributed by atoms with Gasteiger partial charge in [-0.1, -0.05) is 32.6 Å². The zero-order valence-corrected chi connectivity index (χ0v) is 13.6. The van der Waals surface area contributed by atoms with Crippen LogP contribution in [0.3, 0.4) is 0 Å². The van der Waals surface area contributed by atoms with Gasteiger partial charge in [0.1, 0.15) is 11.0 Å². The molecule has 20 heavy (non-hydrogen) atoms. The largest absolute Gasteiger partial charge is 0.616 e. The highest BCUT2D eigenvalue weighted by molar-refractivity contribution is 7.92. The first kappa shape index (κ1) is 17.8. The summed E-state index contributed by atoms with van der Waals surface area (Å²) < 4.78 is 12.2. The molecule has 0 aromatic rings. The molecule has 1 aliphatic carbocycles. The van der Waals surface area contributed by atoms with Crippen LogP contribution in [-0.2, 0) is 16.0 Å². The molecule has 1 fully saturated rings. The molecule has 0 amide bonds. The van der Waals surface area contributed by atoms with Crippen LogP contribution in [0.1, 0.15) is 65.2 Å². The van der Waals surface area contributed by atoms with E-state index in [9.17, 15) is 9.35 Å². The van der Waals surface area contributed by atoms with Crippen LogP contribution in [0, 0.1) is 0 Å². The molecule has 1 saturated carbocycles. The van der Waals surface area contributed by atoms with E-state index in [1.807, 2.05) is 6.92 Å². The number of aliphatic carboxylic acids is 1. The van der Waals surface area contributed by atoms with Crippen LogP contribution in [-0.4, -0.2) is 38.7 Å². The fourth-order valence-electron chi connectivity index (χ4n) is 2.22. The number of carboxylic acid groups (broad SMARTS) is 1. The smallest absolute Gasteiger partial charge is 0.325 e. The molecular weight excluding hydrogens is 274 g/mol. The molecule has 0 aromatic carbocycles. The normalized spacial score (nSPS) is 19.6. The van der Waals surface area contributed by atoms with E-state index in [2.05, 4.69) is 12.2 Å². The van der Waals surface area contributed by atoms with Crippen molar-refractivity contribution >= 4 is 17.1 Å². The van der Waals surface area contributed by atoms with Gasteiger partial charge in [0.15, 0.2) is 6.04 Å². The summed E-state index contributed by atoms with van der Waals surface area (Å²) in [5.41, 5.74) is 0. The number of carbonyl (C=O) groups is 1. The quantitative estimate of drug-likeness (QED) is 0.429. The van der Waals surface area contributed by atoms with E-state index < -0.39 is 23.2 Å². The predicted octanol–water partition coefficient (Wildman–Crippen LogP) is 2.69. The van der Waals surface area contributed by atoms with Gasteiger partial charge in [-0.2, -0.15) is 0 Å². The minimum Gasteiger partial charge on any atom is -0.616 e. The Balaban J connectivity index is 2.20. The standard InChI is InChI=1S/C15H29NO3S/c1-3-4-5-6-7-8-12(2)20(19)11-14(15(17)18)16-13-9-10-13/h12-14,16H,3-11H2,1-2H3,(H,17,18)/t12?,14-,20?/m0/s1. The molecule has 0 radical (unpaired) electrons. The van der Waals surface area contributed by atoms with Crippen LogP contribution in [0.25, 0.3) is 0 Å². The van der Waals surface area contributed by atoms with Crippen molar-refractivity contribution < 1.29 is 14.5 Å². The highest BCUT2D eigenvalue weighted by Gasteiger charge is 2.32. The van der Waals surface area contributed by atoms with E-state index >= 15 is 0 Å². The van der Waals surface area contributed by atoms with Crippen molar-refractivity contribution in [3.63, 3.8) is 0 Å². The van der Waals surface area contributed by atoms with Crippen LogP contribution in [0.4, 0.5) is 0 Å². The summed E-state index contributed by atoms with van der Waals surface area (Å²) >= 11 is -1.05. The van der Waals surface area contributed by atoms with Gasteiger partial charge in [0.05, 0.1) is 0 Å². The molecule has 4 nitrogen and oxygen atoms in total. The van der Waals surface area contributed by atoms with Crippen LogP contribution in [0.5, 0.6) is 0 Å². The van der Waals surface area contributed by atoms with Gasteiger partial charge < -0.3 is 9.66 Å². The Morgan fingerprint density at radius 3 is 2.55 bits per heavy atom. The molecule has 118 valence electrons. The molecule has 1 rings (SSSR count). The van der Waals surface area contributed by atoms with Gasteiger partial charge in [0, 0.05) is 6.04 Å². The summed E-state index contributed by atoms with van der Waals surface area (Å²) in [7, 11) is 0. The minimum atomic E-state index is -1.05. The third-order valence-corrected chi connectivity index (χ3v) is 5.60. The van der Waals surface area contributed by atoms with Gasteiger partial charge in [-0.05, 0) is 43.8 Å². The van der Waals surface area contributed by atoms with E-state index in [1.165, 1.54) is 25.7 Å². The summed E-state index contributed by atoms with van der Waals surface area (Å²) in [5, 5.41) is 12.3. The molecule has 0 heterocycles. The van der Waals surface area contributed by atoms with Crippen molar-refractivity contribution in [3.05, 3.63) is 0 Å². The third kappa shape index (κ3) is 7.50. The number of hydrogen-bond donors (Lipinski definition) is 2. The summed E-state index contributed by atoms with van der Waals surface area (Å²) in [4.78, 5) is 11.2. The Hall–Kier alpha value is -0.260. The summed E-state index contributed by atoms with van der Waals surface area (Å²) in [6, 6.07) is -0.316. The molecule has 5 heteroatoms. The number of rotatable bonds is 12. The molecule has 1 aliphatic rings. The van der Waals surface area contributed by atoms with Gasteiger partial charge in [-0.3, -0.25) is 10.1 Å². The fourth-order valence-corrected chi connectivity index (χ4v) is 3.55. The second-order valence-corrected chi connectivity index (χ2v) is 7.79. The lowest BCUT2D eigenvalue weighted by Gasteiger charge is -2.22. The van der Waals surface area contributed by atoms with Crippen molar-refractivity contribution in [1.82, 2.24) is 5.32 Å². The molecule has 0 bridgehead atoms. The number of unbranched alkanes of at least 4 members (excludes halogenated alkanes) is 4. The predicted molar refractivity (Wildman–Crippen MR) is 83.4 cm³/mol. The molecule has 0 aliphatic heterocycles. The van der Waals surface area contributed by atoms with Gasteiger partial charge in [-0.15, -0.1) is 0 Å². The SMILES string of the molecule is CCCCCCCC(C)[S+]([O-])C[C@H](NC1CC1)C(=O)O. The molecule has 2 unspecified atom stereocenters. The van der Waals surface area contributed by atoms with Crippen LogP contribution in [0.2, 0.25) is 0 Å². The first-order chi connectivity index (χ1) is 9.54. The maximum atomic E-state index is 12.2. The monoisotopic (exact) mass is 303 g/mol. The van der Waals surface area contributed by atoms with Gasteiger partial charge in [0.2, 0.25) is 0 Å².